The van der Waals surface area contributed by atoms with Crippen molar-refractivity contribution in [3.8, 4) is 0 Å². The summed E-state index contributed by atoms with van der Waals surface area (Å²) in [6, 6.07) is 29.2. The Hall–Kier alpha value is -4.84. The molecule has 0 radical (unpaired) electrons. The maximum atomic E-state index is 11.4. The summed E-state index contributed by atoms with van der Waals surface area (Å²) in [7, 11) is 0. The summed E-state index contributed by atoms with van der Waals surface area (Å²) >= 11 is 0. The zero-order valence-electron chi connectivity index (χ0n) is 17.8. The van der Waals surface area contributed by atoms with Crippen molar-refractivity contribution in [3.63, 3.8) is 0 Å². The molecule has 6 rings (SSSR count). The Balaban J connectivity index is 0.000000142. The van der Waals surface area contributed by atoms with Gasteiger partial charge in [0.2, 0.25) is 0 Å². The molecule has 6 aromatic rings. The normalized spacial score (nSPS) is 10.8. The molecule has 0 fully saturated rings. The lowest BCUT2D eigenvalue weighted by molar-refractivity contribution is 0.0690. The Kier molecular flexibility index (Phi) is 5.32. The average molecular weight is 446 g/mol. The highest BCUT2D eigenvalue weighted by Gasteiger charge is 2.15. The third kappa shape index (κ3) is 3.67. The number of rotatable bonds is 2. The summed E-state index contributed by atoms with van der Waals surface area (Å²) in [5.74, 6) is -1.83. The number of carbonyl (C=O) groups is 2. The van der Waals surface area contributed by atoms with E-state index in [-0.39, 0.29) is 0 Å². The summed E-state index contributed by atoms with van der Waals surface area (Å²) in [5.41, 5.74) is 3.50. The lowest BCUT2D eigenvalue weighted by Gasteiger charge is -2.06. The van der Waals surface area contributed by atoms with Crippen molar-refractivity contribution in [2.24, 2.45) is 0 Å². The van der Waals surface area contributed by atoms with Crippen LogP contribution in [-0.2, 0) is 0 Å². The summed E-state index contributed by atoms with van der Waals surface area (Å²) in [4.78, 5) is 31.7. The van der Waals surface area contributed by atoms with Crippen molar-refractivity contribution < 1.29 is 19.8 Å². The van der Waals surface area contributed by atoms with Crippen LogP contribution < -0.4 is 0 Å². The molecule has 2 N–H and O–H groups in total. The van der Waals surface area contributed by atoms with Gasteiger partial charge in [0, 0.05) is 21.5 Å². The van der Waals surface area contributed by atoms with Gasteiger partial charge in [-0.3, -0.25) is 0 Å². The van der Waals surface area contributed by atoms with Gasteiger partial charge in [-0.15, -0.1) is 0 Å². The van der Waals surface area contributed by atoms with E-state index >= 15 is 0 Å². The number of aromatic carboxylic acids is 2. The highest BCUT2D eigenvalue weighted by Crippen LogP contribution is 2.26. The number of aromatic nitrogens is 2. The first-order valence-electron chi connectivity index (χ1n) is 10.6. The summed E-state index contributed by atoms with van der Waals surface area (Å²) in [6.45, 7) is 0. The van der Waals surface area contributed by atoms with E-state index in [1.807, 2.05) is 72.8 Å². The van der Waals surface area contributed by atoms with Gasteiger partial charge in [-0.05, 0) is 24.3 Å². The second-order valence-electron chi connectivity index (χ2n) is 7.65. The molecule has 2 heterocycles. The minimum absolute atomic E-state index is 0.325. The van der Waals surface area contributed by atoms with Gasteiger partial charge < -0.3 is 10.2 Å². The molecule has 164 valence electrons. The smallest absolute Gasteiger partial charge is 0.337 e. The molecule has 0 aliphatic rings. The second-order valence-corrected chi connectivity index (χ2v) is 7.65. The molecule has 0 bridgehead atoms. The van der Waals surface area contributed by atoms with Gasteiger partial charge in [0.25, 0.3) is 0 Å². The maximum absolute atomic E-state index is 11.4. The summed E-state index contributed by atoms with van der Waals surface area (Å²) in [5, 5.41) is 21.4. The Morgan fingerprint density at radius 1 is 0.441 bits per heavy atom. The van der Waals surface area contributed by atoms with Gasteiger partial charge in [0.15, 0.2) is 0 Å². The minimum Gasteiger partial charge on any atom is -0.478 e. The molecule has 6 nitrogen and oxygen atoms in total. The summed E-state index contributed by atoms with van der Waals surface area (Å²) < 4.78 is 0. The lowest BCUT2D eigenvalue weighted by atomic mass is 10.0. The van der Waals surface area contributed by atoms with Gasteiger partial charge in [-0.25, -0.2) is 19.6 Å². The van der Waals surface area contributed by atoms with E-state index in [4.69, 9.17) is 0 Å². The first-order valence-corrected chi connectivity index (χ1v) is 10.6. The number of hydrogen-bond donors (Lipinski definition) is 2. The molecule has 0 aliphatic carbocycles. The molecular weight excluding hydrogens is 428 g/mol. The van der Waals surface area contributed by atoms with Crippen LogP contribution in [0.2, 0.25) is 0 Å². The van der Waals surface area contributed by atoms with Crippen molar-refractivity contribution in [2.75, 3.05) is 0 Å². The Labute approximate surface area is 193 Å². The molecule has 0 amide bonds. The fourth-order valence-electron chi connectivity index (χ4n) is 4.14. The third-order valence-corrected chi connectivity index (χ3v) is 5.60. The standard InChI is InChI=1S/2C14H9NO2/c2*16-14(17)13-9-5-1-3-7-11(9)15-12-8-4-2-6-10(12)13/h2*1-8H,(H,16,17). The predicted octanol–water partition coefficient (Wildman–Crippen LogP) is 6.17. The van der Waals surface area contributed by atoms with Crippen LogP contribution >= 0.6 is 0 Å². The quantitative estimate of drug-likeness (QED) is 0.308. The van der Waals surface area contributed by atoms with Crippen LogP contribution in [0.3, 0.4) is 0 Å². The number of hydrogen-bond acceptors (Lipinski definition) is 4. The zero-order valence-corrected chi connectivity index (χ0v) is 17.8. The van der Waals surface area contributed by atoms with E-state index in [0.29, 0.717) is 54.7 Å². The van der Waals surface area contributed by atoms with Crippen LogP contribution in [0.25, 0.3) is 43.6 Å². The van der Waals surface area contributed by atoms with Gasteiger partial charge in [0.05, 0.1) is 33.2 Å². The number of fused-ring (bicyclic) bond motifs is 4. The largest absolute Gasteiger partial charge is 0.478 e. The number of carboxylic acids is 2. The fourth-order valence-corrected chi connectivity index (χ4v) is 4.14. The van der Waals surface area contributed by atoms with Crippen LogP contribution in [0.4, 0.5) is 0 Å². The van der Waals surface area contributed by atoms with Gasteiger partial charge >= 0.3 is 11.9 Å². The molecule has 4 aromatic carbocycles. The Morgan fingerprint density at radius 3 is 0.912 bits per heavy atom. The van der Waals surface area contributed by atoms with E-state index in [9.17, 15) is 19.8 Å². The van der Waals surface area contributed by atoms with Crippen molar-refractivity contribution in [1.82, 2.24) is 9.97 Å². The number of pyridine rings is 2. The topological polar surface area (TPSA) is 100 Å². The van der Waals surface area contributed by atoms with E-state index in [1.54, 1.807) is 24.3 Å². The van der Waals surface area contributed by atoms with E-state index in [2.05, 4.69) is 9.97 Å². The number of carboxylic acid groups (broad SMARTS) is 2. The third-order valence-electron chi connectivity index (χ3n) is 5.60. The molecule has 2 aromatic heterocycles. The Morgan fingerprint density at radius 2 is 0.676 bits per heavy atom. The molecular formula is C28H18N2O4. The first kappa shape index (κ1) is 21.0. The number of benzene rings is 4. The summed E-state index contributed by atoms with van der Waals surface area (Å²) in [6.07, 6.45) is 0. The highest BCUT2D eigenvalue weighted by molar-refractivity contribution is 6.14. The minimum atomic E-state index is -0.917. The maximum Gasteiger partial charge on any atom is 0.337 e. The van der Waals surface area contributed by atoms with E-state index in [1.165, 1.54) is 0 Å². The molecule has 0 spiro atoms. The highest BCUT2D eigenvalue weighted by atomic mass is 16.4. The van der Waals surface area contributed by atoms with Crippen LogP contribution in [0, 0.1) is 0 Å². The van der Waals surface area contributed by atoms with Gasteiger partial charge in [-0.2, -0.15) is 0 Å². The Bertz CT molecular complexity index is 1490. The predicted molar refractivity (Wildman–Crippen MR) is 132 cm³/mol. The van der Waals surface area contributed by atoms with Crippen molar-refractivity contribution in [1.29, 1.82) is 0 Å². The molecule has 0 atom stereocenters. The van der Waals surface area contributed by atoms with E-state index < -0.39 is 11.9 Å². The molecule has 0 aliphatic heterocycles. The molecule has 6 heteroatoms. The molecule has 0 saturated heterocycles. The van der Waals surface area contributed by atoms with E-state index in [0.717, 1.165) is 0 Å². The molecule has 0 unspecified atom stereocenters. The lowest BCUT2D eigenvalue weighted by Crippen LogP contribution is -2.00. The van der Waals surface area contributed by atoms with Gasteiger partial charge in [0.1, 0.15) is 0 Å². The van der Waals surface area contributed by atoms with Crippen molar-refractivity contribution in [2.45, 2.75) is 0 Å². The van der Waals surface area contributed by atoms with Crippen LogP contribution in [-0.4, -0.2) is 32.1 Å². The van der Waals surface area contributed by atoms with Crippen LogP contribution in [0.5, 0.6) is 0 Å². The fraction of sp³-hybridized carbons (Fsp3) is 0. The van der Waals surface area contributed by atoms with Crippen LogP contribution in [0.15, 0.2) is 97.1 Å². The van der Waals surface area contributed by atoms with Crippen molar-refractivity contribution >= 4 is 55.6 Å². The molecule has 34 heavy (non-hydrogen) atoms. The van der Waals surface area contributed by atoms with Crippen LogP contribution in [0.1, 0.15) is 20.7 Å². The monoisotopic (exact) mass is 446 g/mol. The first-order chi connectivity index (χ1) is 16.5. The number of para-hydroxylation sites is 4. The number of nitrogens with zero attached hydrogens (tertiary/aromatic N) is 2. The second kappa shape index (κ2) is 8.60. The van der Waals surface area contributed by atoms with Crippen molar-refractivity contribution in [3.05, 3.63) is 108 Å². The molecule has 0 saturated carbocycles. The zero-order chi connectivity index (χ0) is 23.7. The van der Waals surface area contributed by atoms with Gasteiger partial charge in [-0.1, -0.05) is 72.8 Å². The SMILES string of the molecule is O=C(O)c1c2ccccc2nc2ccccc12.O=C(O)c1c2ccccc2nc2ccccc12. The average Bonchev–Trinajstić information content (AvgIpc) is 2.85.